The molecule has 0 amide bonds. The molecule has 0 bridgehead atoms. The molecule has 0 spiro atoms. The van der Waals surface area contributed by atoms with Crippen LogP contribution >= 0.6 is 0 Å². The molecule has 0 radical (unpaired) electrons. The Hall–Kier alpha value is -0.820. The molecule has 0 saturated heterocycles. The lowest BCUT2D eigenvalue weighted by atomic mass is 9.93. The van der Waals surface area contributed by atoms with Gasteiger partial charge in [0.1, 0.15) is 0 Å². The summed E-state index contributed by atoms with van der Waals surface area (Å²) in [6, 6.07) is 10.8. The first-order valence-corrected chi connectivity index (χ1v) is 5.43. The largest absolute Gasteiger partial charge is 0.309 e. The van der Waals surface area contributed by atoms with E-state index in [1.165, 1.54) is 24.9 Å². The Bertz CT molecular complexity index is 241. The van der Waals surface area contributed by atoms with Crippen LogP contribution in [0.4, 0.5) is 0 Å². The van der Waals surface area contributed by atoms with Crippen molar-refractivity contribution < 1.29 is 0 Å². The zero-order chi connectivity index (χ0) is 10.4. The van der Waals surface area contributed by atoms with E-state index in [2.05, 4.69) is 56.3 Å². The van der Waals surface area contributed by atoms with Crippen molar-refractivity contribution in [2.45, 2.75) is 25.7 Å². The summed E-state index contributed by atoms with van der Waals surface area (Å²) in [6.07, 6.45) is 2.49. The summed E-state index contributed by atoms with van der Waals surface area (Å²) in [6.45, 7) is 3.45. The van der Waals surface area contributed by atoms with E-state index in [1.807, 2.05) is 0 Å². The van der Waals surface area contributed by atoms with Gasteiger partial charge in [0.15, 0.2) is 0 Å². The van der Waals surface area contributed by atoms with Crippen LogP contribution in [0.15, 0.2) is 30.3 Å². The van der Waals surface area contributed by atoms with E-state index in [0.29, 0.717) is 0 Å². The Balaban J connectivity index is 2.54. The summed E-state index contributed by atoms with van der Waals surface area (Å²) in [4.78, 5) is 2.26. The second-order valence-electron chi connectivity index (χ2n) is 4.11. The molecule has 0 aliphatic heterocycles. The van der Waals surface area contributed by atoms with Crippen molar-refractivity contribution in [3.8, 4) is 0 Å². The van der Waals surface area contributed by atoms with Gasteiger partial charge in [-0.15, -0.1) is 0 Å². The van der Waals surface area contributed by atoms with Crippen molar-refractivity contribution in [1.82, 2.24) is 4.90 Å². The first kappa shape index (κ1) is 11.3. The molecule has 78 valence electrons. The third-order valence-corrected chi connectivity index (χ3v) is 2.69. The predicted octanol–water partition coefficient (Wildman–Crippen LogP) is 3.13. The fourth-order valence-corrected chi connectivity index (χ4v) is 1.75. The van der Waals surface area contributed by atoms with Gasteiger partial charge >= 0.3 is 0 Å². The van der Waals surface area contributed by atoms with E-state index >= 15 is 0 Å². The molecule has 0 N–H and O–H groups in total. The SMILES string of the molecule is CCC(CCN(C)C)c1ccccc1. The van der Waals surface area contributed by atoms with Gasteiger partial charge in [0, 0.05) is 0 Å². The number of benzene rings is 1. The first-order chi connectivity index (χ1) is 6.74. The molecule has 1 nitrogen and oxygen atoms in total. The molecule has 0 aromatic heterocycles. The van der Waals surface area contributed by atoms with Crippen LogP contribution in [0.5, 0.6) is 0 Å². The minimum atomic E-state index is 0.721. The van der Waals surface area contributed by atoms with Crippen LogP contribution in [0.3, 0.4) is 0 Å². The maximum atomic E-state index is 2.27. The van der Waals surface area contributed by atoms with Crippen molar-refractivity contribution in [1.29, 1.82) is 0 Å². The normalized spacial score (nSPS) is 13.1. The van der Waals surface area contributed by atoms with Gasteiger partial charge < -0.3 is 4.90 Å². The van der Waals surface area contributed by atoms with E-state index in [9.17, 15) is 0 Å². The second-order valence-corrected chi connectivity index (χ2v) is 4.11. The molecule has 1 unspecified atom stereocenters. The van der Waals surface area contributed by atoms with E-state index in [4.69, 9.17) is 0 Å². The van der Waals surface area contributed by atoms with Gasteiger partial charge in [-0.25, -0.2) is 0 Å². The summed E-state index contributed by atoms with van der Waals surface area (Å²) < 4.78 is 0. The molecule has 1 aromatic rings. The quantitative estimate of drug-likeness (QED) is 0.691. The topological polar surface area (TPSA) is 3.24 Å². The Morgan fingerprint density at radius 3 is 2.29 bits per heavy atom. The number of hydrogen-bond donors (Lipinski definition) is 0. The van der Waals surface area contributed by atoms with Crippen LogP contribution in [-0.4, -0.2) is 25.5 Å². The molecule has 1 aromatic carbocycles. The fraction of sp³-hybridized carbons (Fsp3) is 0.538. The lowest BCUT2D eigenvalue weighted by molar-refractivity contribution is 0.378. The standard InChI is InChI=1S/C13H21N/c1-4-12(10-11-14(2)3)13-8-6-5-7-9-13/h5-9,12H,4,10-11H2,1-3H3. The van der Waals surface area contributed by atoms with Crippen LogP contribution < -0.4 is 0 Å². The highest BCUT2D eigenvalue weighted by atomic mass is 15.0. The molecule has 1 atom stereocenters. The zero-order valence-corrected chi connectivity index (χ0v) is 9.53. The lowest BCUT2D eigenvalue weighted by Crippen LogP contribution is -2.15. The van der Waals surface area contributed by atoms with Crippen molar-refractivity contribution in [3.05, 3.63) is 35.9 Å². The van der Waals surface area contributed by atoms with E-state index in [0.717, 1.165) is 5.92 Å². The maximum absolute atomic E-state index is 2.27. The summed E-state index contributed by atoms with van der Waals surface area (Å²) in [5.41, 5.74) is 1.48. The average molecular weight is 191 g/mol. The zero-order valence-electron chi connectivity index (χ0n) is 9.53. The highest BCUT2D eigenvalue weighted by Gasteiger charge is 2.08. The van der Waals surface area contributed by atoms with Crippen LogP contribution in [0, 0.1) is 0 Å². The van der Waals surface area contributed by atoms with Crippen molar-refractivity contribution in [3.63, 3.8) is 0 Å². The highest BCUT2D eigenvalue weighted by Crippen LogP contribution is 2.22. The predicted molar refractivity (Wildman–Crippen MR) is 62.6 cm³/mol. The minimum Gasteiger partial charge on any atom is -0.309 e. The molecule has 0 aliphatic carbocycles. The molecular formula is C13H21N. The number of nitrogens with zero attached hydrogens (tertiary/aromatic N) is 1. The minimum absolute atomic E-state index is 0.721. The fourth-order valence-electron chi connectivity index (χ4n) is 1.75. The van der Waals surface area contributed by atoms with Gasteiger partial charge in [-0.1, -0.05) is 37.3 Å². The summed E-state index contributed by atoms with van der Waals surface area (Å²) in [7, 11) is 4.27. The van der Waals surface area contributed by atoms with Crippen molar-refractivity contribution in [2.75, 3.05) is 20.6 Å². The van der Waals surface area contributed by atoms with Crippen LogP contribution in [0.25, 0.3) is 0 Å². The number of hydrogen-bond acceptors (Lipinski definition) is 1. The van der Waals surface area contributed by atoms with E-state index in [1.54, 1.807) is 0 Å². The third kappa shape index (κ3) is 3.51. The van der Waals surface area contributed by atoms with Crippen LogP contribution in [-0.2, 0) is 0 Å². The van der Waals surface area contributed by atoms with Gasteiger partial charge in [0.25, 0.3) is 0 Å². The summed E-state index contributed by atoms with van der Waals surface area (Å²) >= 11 is 0. The summed E-state index contributed by atoms with van der Waals surface area (Å²) in [5.74, 6) is 0.721. The second kappa shape index (κ2) is 5.82. The Morgan fingerprint density at radius 1 is 1.14 bits per heavy atom. The molecule has 14 heavy (non-hydrogen) atoms. The van der Waals surface area contributed by atoms with Crippen LogP contribution in [0.2, 0.25) is 0 Å². The average Bonchev–Trinajstić information content (AvgIpc) is 2.20. The molecule has 1 heteroatoms. The maximum Gasteiger partial charge on any atom is -0.00190 e. The Kier molecular flexibility index (Phi) is 4.68. The molecule has 0 saturated carbocycles. The molecule has 1 rings (SSSR count). The smallest absolute Gasteiger partial charge is 0.00190 e. The summed E-state index contributed by atoms with van der Waals surface area (Å²) in [5, 5.41) is 0. The first-order valence-electron chi connectivity index (χ1n) is 5.43. The molecule has 0 aliphatic rings. The Morgan fingerprint density at radius 2 is 1.79 bits per heavy atom. The van der Waals surface area contributed by atoms with E-state index < -0.39 is 0 Å². The van der Waals surface area contributed by atoms with Crippen molar-refractivity contribution in [2.24, 2.45) is 0 Å². The van der Waals surface area contributed by atoms with Gasteiger partial charge in [-0.05, 0) is 45.0 Å². The van der Waals surface area contributed by atoms with E-state index in [-0.39, 0.29) is 0 Å². The highest BCUT2D eigenvalue weighted by molar-refractivity contribution is 5.19. The number of rotatable bonds is 5. The Labute approximate surface area is 87.7 Å². The van der Waals surface area contributed by atoms with Gasteiger partial charge in [0.2, 0.25) is 0 Å². The lowest BCUT2D eigenvalue weighted by Gasteiger charge is -2.17. The van der Waals surface area contributed by atoms with Gasteiger partial charge in [-0.2, -0.15) is 0 Å². The molecular weight excluding hydrogens is 170 g/mol. The molecule has 0 fully saturated rings. The third-order valence-electron chi connectivity index (χ3n) is 2.69. The van der Waals surface area contributed by atoms with Gasteiger partial charge in [0.05, 0.1) is 0 Å². The van der Waals surface area contributed by atoms with Gasteiger partial charge in [-0.3, -0.25) is 0 Å². The van der Waals surface area contributed by atoms with Crippen molar-refractivity contribution >= 4 is 0 Å². The van der Waals surface area contributed by atoms with Crippen LogP contribution in [0.1, 0.15) is 31.2 Å². The monoisotopic (exact) mass is 191 g/mol. The molecule has 0 heterocycles.